The van der Waals surface area contributed by atoms with Gasteiger partial charge in [0.15, 0.2) is 18.1 Å². The Morgan fingerprint density at radius 1 is 1.29 bits per heavy atom. The Morgan fingerprint density at radius 2 is 2.05 bits per heavy atom. The van der Waals surface area contributed by atoms with Crippen LogP contribution < -0.4 is 20.5 Å². The molecule has 1 saturated carbocycles. The average Bonchev–Trinajstić information content (AvgIpc) is 2.52. The Morgan fingerprint density at radius 3 is 2.71 bits per heavy atom. The van der Waals surface area contributed by atoms with Crippen LogP contribution >= 0.6 is 0 Å². The molecule has 1 fully saturated rings. The van der Waals surface area contributed by atoms with Gasteiger partial charge in [0, 0.05) is 12.6 Å². The second kappa shape index (κ2) is 7.88. The lowest BCUT2D eigenvalue weighted by Gasteiger charge is -2.23. The summed E-state index contributed by atoms with van der Waals surface area (Å²) in [6.45, 7) is 0.674. The molecule has 1 aliphatic carbocycles. The monoisotopic (exact) mass is 292 g/mol. The zero-order chi connectivity index (χ0) is 15.1. The minimum atomic E-state index is -0.500. The van der Waals surface area contributed by atoms with E-state index >= 15 is 0 Å². The number of ether oxygens (including phenoxy) is 2. The highest BCUT2D eigenvalue weighted by Crippen LogP contribution is 2.28. The Balaban J connectivity index is 1.92. The summed E-state index contributed by atoms with van der Waals surface area (Å²) in [4.78, 5) is 10.8. The fourth-order valence-corrected chi connectivity index (χ4v) is 2.66. The molecule has 0 radical (unpaired) electrons. The van der Waals surface area contributed by atoms with Gasteiger partial charge in [-0.05, 0) is 30.5 Å². The number of benzene rings is 1. The summed E-state index contributed by atoms with van der Waals surface area (Å²) in [5.41, 5.74) is 6.22. The number of nitrogens with one attached hydrogen (secondary N) is 1. The van der Waals surface area contributed by atoms with Crippen LogP contribution in [0.5, 0.6) is 11.5 Å². The number of hydrogen-bond acceptors (Lipinski definition) is 4. The smallest absolute Gasteiger partial charge is 0.255 e. The molecule has 0 spiro atoms. The fraction of sp³-hybridized carbons (Fsp3) is 0.562. The van der Waals surface area contributed by atoms with Gasteiger partial charge in [0.1, 0.15) is 0 Å². The predicted molar refractivity (Wildman–Crippen MR) is 81.4 cm³/mol. The lowest BCUT2D eigenvalue weighted by Crippen LogP contribution is -2.30. The molecule has 1 aromatic rings. The van der Waals surface area contributed by atoms with Gasteiger partial charge in [0.2, 0.25) is 0 Å². The normalized spacial score (nSPS) is 15.7. The van der Waals surface area contributed by atoms with E-state index in [1.807, 2.05) is 18.2 Å². The van der Waals surface area contributed by atoms with Gasteiger partial charge in [0.25, 0.3) is 5.91 Å². The van der Waals surface area contributed by atoms with Crippen molar-refractivity contribution in [2.45, 2.75) is 44.7 Å². The second-order valence-corrected chi connectivity index (χ2v) is 5.46. The van der Waals surface area contributed by atoms with Gasteiger partial charge in [-0.15, -0.1) is 0 Å². The van der Waals surface area contributed by atoms with E-state index in [4.69, 9.17) is 15.2 Å². The third-order valence-corrected chi connectivity index (χ3v) is 3.80. The fourth-order valence-electron chi connectivity index (χ4n) is 2.66. The highest BCUT2D eigenvalue weighted by atomic mass is 16.5. The van der Waals surface area contributed by atoms with Crippen molar-refractivity contribution < 1.29 is 14.3 Å². The van der Waals surface area contributed by atoms with Crippen molar-refractivity contribution in [1.29, 1.82) is 0 Å². The SMILES string of the molecule is COc1cc(CNC2CCCCC2)ccc1OCC(N)=O. The third kappa shape index (κ3) is 4.93. The first-order valence-corrected chi connectivity index (χ1v) is 7.50. The molecule has 1 aromatic carbocycles. The van der Waals surface area contributed by atoms with Crippen molar-refractivity contribution in [3.05, 3.63) is 23.8 Å². The van der Waals surface area contributed by atoms with Crippen molar-refractivity contribution in [3.63, 3.8) is 0 Å². The average molecular weight is 292 g/mol. The zero-order valence-electron chi connectivity index (χ0n) is 12.6. The van der Waals surface area contributed by atoms with Gasteiger partial charge in [-0.25, -0.2) is 0 Å². The van der Waals surface area contributed by atoms with Crippen molar-refractivity contribution >= 4 is 5.91 Å². The highest BCUT2D eigenvalue weighted by Gasteiger charge is 2.13. The van der Waals surface area contributed by atoms with Crippen LogP contribution in [0.15, 0.2) is 18.2 Å². The number of primary amides is 1. The molecule has 0 heterocycles. The summed E-state index contributed by atoms with van der Waals surface area (Å²) in [6.07, 6.45) is 6.52. The number of hydrogen-bond donors (Lipinski definition) is 2. The minimum absolute atomic E-state index is 0.143. The molecular formula is C16H24N2O3. The Hall–Kier alpha value is -1.75. The highest BCUT2D eigenvalue weighted by molar-refractivity contribution is 5.75. The Bertz CT molecular complexity index is 471. The Kier molecular flexibility index (Phi) is 5.87. The molecule has 0 aromatic heterocycles. The molecule has 0 atom stereocenters. The quantitative estimate of drug-likeness (QED) is 0.806. The molecule has 0 unspecified atom stereocenters. The summed E-state index contributed by atoms with van der Waals surface area (Å²) in [6, 6.07) is 6.36. The summed E-state index contributed by atoms with van der Waals surface area (Å²) >= 11 is 0. The van der Waals surface area contributed by atoms with E-state index < -0.39 is 5.91 Å². The molecule has 21 heavy (non-hydrogen) atoms. The molecule has 5 nitrogen and oxygen atoms in total. The lowest BCUT2D eigenvalue weighted by molar-refractivity contribution is -0.119. The van der Waals surface area contributed by atoms with E-state index in [1.165, 1.54) is 32.1 Å². The number of methoxy groups -OCH3 is 1. The van der Waals surface area contributed by atoms with Gasteiger partial charge in [0.05, 0.1) is 7.11 Å². The molecule has 1 amide bonds. The largest absolute Gasteiger partial charge is 0.493 e. The van der Waals surface area contributed by atoms with Crippen LogP contribution in [-0.2, 0) is 11.3 Å². The van der Waals surface area contributed by atoms with E-state index in [0.29, 0.717) is 17.5 Å². The van der Waals surface area contributed by atoms with E-state index in [-0.39, 0.29) is 6.61 Å². The molecule has 116 valence electrons. The molecule has 5 heteroatoms. The van der Waals surface area contributed by atoms with Crippen LogP contribution in [0.3, 0.4) is 0 Å². The summed E-state index contributed by atoms with van der Waals surface area (Å²) < 4.78 is 10.6. The zero-order valence-corrected chi connectivity index (χ0v) is 12.6. The number of carbonyl (C=O) groups is 1. The standard InChI is InChI=1S/C16H24N2O3/c1-20-15-9-12(7-8-14(15)21-11-16(17)19)10-18-13-5-3-2-4-6-13/h7-9,13,18H,2-6,10-11H2,1H3,(H2,17,19). The maximum atomic E-state index is 10.8. The van der Waals surface area contributed by atoms with E-state index in [1.54, 1.807) is 7.11 Å². The molecule has 3 N–H and O–H groups in total. The van der Waals surface area contributed by atoms with E-state index in [0.717, 1.165) is 12.1 Å². The van der Waals surface area contributed by atoms with Crippen LogP contribution in [-0.4, -0.2) is 25.7 Å². The topological polar surface area (TPSA) is 73.6 Å². The molecule has 0 saturated heterocycles. The summed E-state index contributed by atoms with van der Waals surface area (Å²) in [5.74, 6) is 0.664. The van der Waals surface area contributed by atoms with Crippen LogP contribution in [0.25, 0.3) is 0 Å². The minimum Gasteiger partial charge on any atom is -0.493 e. The van der Waals surface area contributed by atoms with Gasteiger partial charge in [-0.1, -0.05) is 25.3 Å². The Labute approximate surface area is 125 Å². The maximum absolute atomic E-state index is 10.8. The second-order valence-electron chi connectivity index (χ2n) is 5.46. The van der Waals surface area contributed by atoms with Crippen molar-refractivity contribution in [2.24, 2.45) is 5.73 Å². The van der Waals surface area contributed by atoms with Gasteiger partial charge < -0.3 is 20.5 Å². The molecule has 1 aliphatic rings. The molecular weight excluding hydrogens is 268 g/mol. The van der Waals surface area contributed by atoms with Gasteiger partial charge in [-0.2, -0.15) is 0 Å². The molecule has 0 aliphatic heterocycles. The first-order chi connectivity index (χ1) is 10.2. The number of amides is 1. The van der Waals surface area contributed by atoms with E-state index in [9.17, 15) is 4.79 Å². The van der Waals surface area contributed by atoms with Crippen LogP contribution in [0.4, 0.5) is 0 Å². The number of rotatable bonds is 7. The van der Waals surface area contributed by atoms with Crippen molar-refractivity contribution in [1.82, 2.24) is 5.32 Å². The number of nitrogens with two attached hydrogens (primary N) is 1. The van der Waals surface area contributed by atoms with Crippen molar-refractivity contribution in [3.8, 4) is 11.5 Å². The first kappa shape index (κ1) is 15.6. The molecule has 0 bridgehead atoms. The predicted octanol–water partition coefficient (Wildman–Crippen LogP) is 1.98. The van der Waals surface area contributed by atoms with Gasteiger partial charge >= 0.3 is 0 Å². The molecule has 2 rings (SSSR count). The first-order valence-electron chi connectivity index (χ1n) is 7.50. The third-order valence-electron chi connectivity index (χ3n) is 3.80. The van der Waals surface area contributed by atoms with Crippen LogP contribution in [0.1, 0.15) is 37.7 Å². The van der Waals surface area contributed by atoms with Crippen LogP contribution in [0, 0.1) is 0 Å². The lowest BCUT2D eigenvalue weighted by atomic mass is 9.95. The summed E-state index contributed by atoms with van der Waals surface area (Å²) in [7, 11) is 1.59. The van der Waals surface area contributed by atoms with E-state index in [2.05, 4.69) is 5.32 Å². The number of carbonyl (C=O) groups excluding carboxylic acids is 1. The summed E-state index contributed by atoms with van der Waals surface area (Å²) in [5, 5.41) is 3.59. The maximum Gasteiger partial charge on any atom is 0.255 e. The van der Waals surface area contributed by atoms with Gasteiger partial charge in [-0.3, -0.25) is 4.79 Å². The van der Waals surface area contributed by atoms with Crippen molar-refractivity contribution in [2.75, 3.05) is 13.7 Å². The van der Waals surface area contributed by atoms with Crippen LogP contribution in [0.2, 0.25) is 0 Å².